The Hall–Kier alpha value is -2.57. The number of nitrogens with one attached hydrogen (secondary N) is 1. The van der Waals surface area contributed by atoms with Crippen LogP contribution in [0.15, 0.2) is 42.6 Å². The number of anilines is 2. The van der Waals surface area contributed by atoms with E-state index in [2.05, 4.69) is 10.3 Å². The molecule has 0 unspecified atom stereocenters. The maximum absolute atomic E-state index is 12.5. The van der Waals surface area contributed by atoms with Gasteiger partial charge in [-0.25, -0.2) is 13.8 Å². The number of rotatable bonds is 4. The Kier molecular flexibility index (Phi) is 3.65. The zero-order valence-corrected chi connectivity index (χ0v) is 9.59. The molecule has 0 amide bonds. The van der Waals surface area contributed by atoms with Crippen molar-refractivity contribution in [2.24, 2.45) is 0 Å². The van der Waals surface area contributed by atoms with Crippen LogP contribution >= 0.6 is 0 Å². The SMILES string of the molecule is O=[N+]([O-])c1ccnc(Nc2cccc(C(F)F)c2)c1. The van der Waals surface area contributed by atoms with E-state index < -0.39 is 11.3 Å². The van der Waals surface area contributed by atoms with Crippen LogP contribution < -0.4 is 5.32 Å². The summed E-state index contributed by atoms with van der Waals surface area (Å²) in [6, 6.07) is 8.10. The highest BCUT2D eigenvalue weighted by Crippen LogP contribution is 2.24. The summed E-state index contributed by atoms with van der Waals surface area (Å²) in [6.45, 7) is 0. The average molecular weight is 265 g/mol. The van der Waals surface area contributed by atoms with Crippen molar-refractivity contribution >= 4 is 17.2 Å². The summed E-state index contributed by atoms with van der Waals surface area (Å²) in [4.78, 5) is 13.9. The zero-order chi connectivity index (χ0) is 13.8. The van der Waals surface area contributed by atoms with Crippen molar-refractivity contribution in [3.05, 3.63) is 58.3 Å². The van der Waals surface area contributed by atoms with E-state index in [9.17, 15) is 18.9 Å². The van der Waals surface area contributed by atoms with Crippen LogP contribution in [-0.2, 0) is 0 Å². The van der Waals surface area contributed by atoms with Gasteiger partial charge in [-0.15, -0.1) is 0 Å². The molecule has 1 aromatic heterocycles. The second-order valence-corrected chi connectivity index (χ2v) is 3.71. The van der Waals surface area contributed by atoms with Gasteiger partial charge in [0, 0.05) is 23.5 Å². The largest absolute Gasteiger partial charge is 0.340 e. The van der Waals surface area contributed by atoms with Gasteiger partial charge in [0.25, 0.3) is 12.1 Å². The molecule has 0 atom stereocenters. The third kappa shape index (κ3) is 3.21. The van der Waals surface area contributed by atoms with Crippen LogP contribution in [0.4, 0.5) is 26.0 Å². The number of nitrogens with zero attached hydrogens (tertiary/aromatic N) is 2. The van der Waals surface area contributed by atoms with Crippen LogP contribution in [0.25, 0.3) is 0 Å². The standard InChI is InChI=1S/C12H9F2N3O2/c13-12(14)8-2-1-3-9(6-8)16-11-7-10(17(18)19)4-5-15-11/h1-7,12H,(H,15,16). The first kappa shape index (κ1) is 12.9. The van der Waals surface area contributed by atoms with Gasteiger partial charge in [0.1, 0.15) is 5.82 Å². The number of alkyl halides is 2. The second-order valence-electron chi connectivity index (χ2n) is 3.71. The lowest BCUT2D eigenvalue weighted by Gasteiger charge is -2.07. The fourth-order valence-corrected chi connectivity index (χ4v) is 1.50. The molecule has 0 spiro atoms. The van der Waals surface area contributed by atoms with E-state index in [1.165, 1.54) is 36.5 Å². The van der Waals surface area contributed by atoms with Gasteiger partial charge in [-0.1, -0.05) is 12.1 Å². The molecular formula is C12H9F2N3O2. The lowest BCUT2D eigenvalue weighted by Crippen LogP contribution is -1.96. The number of nitro groups is 1. The lowest BCUT2D eigenvalue weighted by atomic mass is 10.2. The van der Waals surface area contributed by atoms with E-state index in [0.717, 1.165) is 0 Å². The van der Waals surface area contributed by atoms with Crippen LogP contribution in [-0.4, -0.2) is 9.91 Å². The summed E-state index contributed by atoms with van der Waals surface area (Å²) in [5.41, 5.74) is 0.142. The predicted octanol–water partition coefficient (Wildman–Crippen LogP) is 3.67. The molecule has 0 saturated carbocycles. The molecule has 0 aliphatic carbocycles. The maximum atomic E-state index is 12.5. The van der Waals surface area contributed by atoms with Gasteiger partial charge in [-0.2, -0.15) is 0 Å². The minimum atomic E-state index is -2.57. The lowest BCUT2D eigenvalue weighted by molar-refractivity contribution is -0.384. The predicted molar refractivity (Wildman–Crippen MR) is 65.6 cm³/mol. The van der Waals surface area contributed by atoms with E-state index in [1.54, 1.807) is 6.07 Å². The smallest absolute Gasteiger partial charge is 0.274 e. The Balaban J connectivity index is 2.23. The van der Waals surface area contributed by atoms with Crippen molar-refractivity contribution < 1.29 is 13.7 Å². The van der Waals surface area contributed by atoms with E-state index in [4.69, 9.17) is 0 Å². The van der Waals surface area contributed by atoms with Crippen molar-refractivity contribution in [1.29, 1.82) is 0 Å². The Morgan fingerprint density at radius 3 is 2.74 bits per heavy atom. The van der Waals surface area contributed by atoms with Crippen molar-refractivity contribution in [3.63, 3.8) is 0 Å². The van der Waals surface area contributed by atoms with Crippen molar-refractivity contribution in [3.8, 4) is 0 Å². The van der Waals surface area contributed by atoms with E-state index in [-0.39, 0.29) is 17.1 Å². The maximum Gasteiger partial charge on any atom is 0.274 e. The molecule has 19 heavy (non-hydrogen) atoms. The molecule has 0 saturated heterocycles. The highest BCUT2D eigenvalue weighted by Gasteiger charge is 2.09. The number of aromatic nitrogens is 1. The van der Waals surface area contributed by atoms with E-state index in [0.29, 0.717) is 5.69 Å². The summed E-state index contributed by atoms with van der Waals surface area (Å²) >= 11 is 0. The van der Waals surface area contributed by atoms with Gasteiger partial charge in [0.15, 0.2) is 0 Å². The minimum absolute atomic E-state index is 0.123. The highest BCUT2D eigenvalue weighted by molar-refractivity contribution is 5.59. The number of hydrogen-bond donors (Lipinski definition) is 1. The Labute approximate surface area is 107 Å². The summed E-state index contributed by atoms with van der Waals surface area (Å²) in [5.74, 6) is 0.223. The fourth-order valence-electron chi connectivity index (χ4n) is 1.50. The van der Waals surface area contributed by atoms with Gasteiger partial charge in [0.05, 0.1) is 11.0 Å². The third-order valence-corrected chi connectivity index (χ3v) is 2.37. The summed E-state index contributed by atoms with van der Waals surface area (Å²) in [5, 5.41) is 13.3. The first-order chi connectivity index (χ1) is 9.06. The van der Waals surface area contributed by atoms with Gasteiger partial charge in [-0.05, 0) is 12.1 Å². The normalized spacial score (nSPS) is 10.5. The third-order valence-electron chi connectivity index (χ3n) is 2.37. The van der Waals surface area contributed by atoms with E-state index >= 15 is 0 Å². The number of halogens is 2. The molecule has 0 radical (unpaired) electrons. The molecule has 1 aromatic carbocycles. The molecule has 7 heteroatoms. The second kappa shape index (κ2) is 5.38. The first-order valence-corrected chi connectivity index (χ1v) is 5.32. The van der Waals surface area contributed by atoms with Crippen molar-refractivity contribution in [2.45, 2.75) is 6.43 Å². The number of pyridine rings is 1. The molecule has 0 aliphatic rings. The Bertz CT molecular complexity index is 605. The van der Waals surface area contributed by atoms with Crippen molar-refractivity contribution in [2.75, 3.05) is 5.32 Å². The van der Waals surface area contributed by atoms with E-state index in [1.807, 2.05) is 0 Å². The van der Waals surface area contributed by atoms with Gasteiger partial charge in [-0.3, -0.25) is 10.1 Å². The Morgan fingerprint density at radius 1 is 1.26 bits per heavy atom. The molecule has 2 aromatic rings. The van der Waals surface area contributed by atoms with Crippen LogP contribution in [0.3, 0.4) is 0 Å². The van der Waals surface area contributed by atoms with Gasteiger partial charge < -0.3 is 5.32 Å². The topological polar surface area (TPSA) is 68.1 Å². The van der Waals surface area contributed by atoms with Crippen LogP contribution in [0.5, 0.6) is 0 Å². The van der Waals surface area contributed by atoms with Crippen LogP contribution in [0, 0.1) is 10.1 Å². The summed E-state index contributed by atoms with van der Waals surface area (Å²) in [6.07, 6.45) is -1.29. The quantitative estimate of drug-likeness (QED) is 0.676. The monoisotopic (exact) mass is 265 g/mol. The van der Waals surface area contributed by atoms with Crippen LogP contribution in [0.1, 0.15) is 12.0 Å². The summed E-state index contributed by atoms with van der Waals surface area (Å²) in [7, 11) is 0. The molecular weight excluding hydrogens is 256 g/mol. The number of benzene rings is 1. The summed E-state index contributed by atoms with van der Waals surface area (Å²) < 4.78 is 25.0. The Morgan fingerprint density at radius 2 is 2.05 bits per heavy atom. The van der Waals surface area contributed by atoms with Crippen LogP contribution in [0.2, 0.25) is 0 Å². The molecule has 1 heterocycles. The van der Waals surface area contributed by atoms with Crippen molar-refractivity contribution in [1.82, 2.24) is 4.98 Å². The fraction of sp³-hybridized carbons (Fsp3) is 0.0833. The molecule has 0 bridgehead atoms. The average Bonchev–Trinajstić information content (AvgIpc) is 2.39. The molecule has 98 valence electrons. The molecule has 2 rings (SSSR count). The molecule has 5 nitrogen and oxygen atoms in total. The zero-order valence-electron chi connectivity index (χ0n) is 9.59. The minimum Gasteiger partial charge on any atom is -0.340 e. The first-order valence-electron chi connectivity index (χ1n) is 5.32. The number of hydrogen-bond acceptors (Lipinski definition) is 4. The van der Waals surface area contributed by atoms with Gasteiger partial charge in [0.2, 0.25) is 0 Å². The molecule has 0 aliphatic heterocycles. The molecule has 1 N–H and O–H groups in total. The van der Waals surface area contributed by atoms with Gasteiger partial charge >= 0.3 is 0 Å². The molecule has 0 fully saturated rings. The highest BCUT2D eigenvalue weighted by atomic mass is 19.3.